The first-order valence-electron chi connectivity index (χ1n) is 8.37. The fraction of sp³-hybridized carbons (Fsp3) is 0.136. The largest absolute Gasteiger partial charge is 0.457 e. The van der Waals surface area contributed by atoms with Gasteiger partial charge in [0.1, 0.15) is 11.5 Å². The Labute approximate surface area is 148 Å². The minimum absolute atomic E-state index is 0.0104. The molecule has 0 unspecified atom stereocenters. The highest BCUT2D eigenvalue weighted by Crippen LogP contribution is 2.23. The number of aryl methyl sites for hydroxylation is 2. The van der Waals surface area contributed by atoms with Crippen LogP contribution >= 0.6 is 0 Å². The van der Waals surface area contributed by atoms with Gasteiger partial charge in [-0.1, -0.05) is 42.5 Å². The molecule has 25 heavy (non-hydrogen) atoms. The Morgan fingerprint density at radius 3 is 2.36 bits per heavy atom. The second kappa shape index (κ2) is 8.15. The maximum absolute atomic E-state index is 12.1. The second-order valence-corrected chi connectivity index (χ2v) is 5.98. The van der Waals surface area contributed by atoms with Crippen molar-refractivity contribution in [3.8, 4) is 11.5 Å². The summed E-state index contributed by atoms with van der Waals surface area (Å²) in [6.45, 7) is 2.03. The maximum atomic E-state index is 12.1. The fourth-order valence-corrected chi connectivity index (χ4v) is 2.55. The lowest BCUT2D eigenvalue weighted by atomic mass is 10.1. The first-order valence-corrected chi connectivity index (χ1v) is 8.37. The van der Waals surface area contributed by atoms with Crippen molar-refractivity contribution in [2.75, 3.05) is 5.32 Å². The van der Waals surface area contributed by atoms with Gasteiger partial charge in [0.25, 0.3) is 0 Å². The molecule has 0 fully saturated rings. The van der Waals surface area contributed by atoms with Crippen molar-refractivity contribution in [3.63, 3.8) is 0 Å². The summed E-state index contributed by atoms with van der Waals surface area (Å²) in [5, 5.41) is 2.92. The lowest BCUT2D eigenvalue weighted by Gasteiger charge is -2.09. The minimum Gasteiger partial charge on any atom is -0.457 e. The monoisotopic (exact) mass is 331 g/mol. The summed E-state index contributed by atoms with van der Waals surface area (Å²) in [6, 6.07) is 25.3. The average Bonchev–Trinajstić information content (AvgIpc) is 2.63. The van der Waals surface area contributed by atoms with Crippen molar-refractivity contribution in [1.82, 2.24) is 0 Å². The summed E-state index contributed by atoms with van der Waals surface area (Å²) >= 11 is 0. The van der Waals surface area contributed by atoms with Crippen LogP contribution in [0, 0.1) is 6.92 Å². The second-order valence-electron chi connectivity index (χ2n) is 5.98. The van der Waals surface area contributed by atoms with E-state index < -0.39 is 0 Å². The molecule has 3 aromatic rings. The Bertz CT molecular complexity index is 826. The van der Waals surface area contributed by atoms with E-state index in [9.17, 15) is 4.79 Å². The number of benzene rings is 3. The molecule has 0 spiro atoms. The molecule has 0 aromatic heterocycles. The highest BCUT2D eigenvalue weighted by Gasteiger charge is 2.04. The zero-order valence-electron chi connectivity index (χ0n) is 14.2. The minimum atomic E-state index is 0.0104. The van der Waals surface area contributed by atoms with Crippen molar-refractivity contribution in [2.45, 2.75) is 19.8 Å². The number of carbonyl (C=O) groups excluding carboxylic acids is 1. The molecule has 0 aliphatic carbocycles. The molecule has 0 aliphatic rings. The standard InChI is InChI=1S/C22H21NO2/c1-17-6-5-9-21(16-17)25-20-13-11-19(12-14-20)23-22(24)15-10-18-7-3-2-4-8-18/h2-9,11-14,16H,10,15H2,1H3,(H,23,24). The lowest BCUT2D eigenvalue weighted by molar-refractivity contribution is -0.116. The molecule has 3 heteroatoms. The summed E-state index contributed by atoms with van der Waals surface area (Å²) in [6.07, 6.45) is 1.20. The van der Waals surface area contributed by atoms with E-state index >= 15 is 0 Å². The van der Waals surface area contributed by atoms with Gasteiger partial charge in [-0.25, -0.2) is 0 Å². The molecule has 0 aliphatic heterocycles. The Balaban J connectivity index is 1.52. The lowest BCUT2D eigenvalue weighted by Crippen LogP contribution is -2.12. The fourth-order valence-electron chi connectivity index (χ4n) is 2.55. The zero-order chi connectivity index (χ0) is 17.5. The zero-order valence-corrected chi connectivity index (χ0v) is 14.2. The van der Waals surface area contributed by atoms with Crippen LogP contribution in [0.25, 0.3) is 0 Å². The molecule has 0 saturated carbocycles. The van der Waals surface area contributed by atoms with E-state index in [0.717, 1.165) is 29.2 Å². The average molecular weight is 331 g/mol. The molecule has 3 nitrogen and oxygen atoms in total. The number of hydrogen-bond acceptors (Lipinski definition) is 2. The Morgan fingerprint density at radius 2 is 1.64 bits per heavy atom. The van der Waals surface area contributed by atoms with Crippen LogP contribution in [0.15, 0.2) is 78.9 Å². The topological polar surface area (TPSA) is 38.3 Å². The summed E-state index contributed by atoms with van der Waals surface area (Å²) in [5.74, 6) is 1.56. The van der Waals surface area contributed by atoms with Gasteiger partial charge in [-0.3, -0.25) is 4.79 Å². The third-order valence-electron chi connectivity index (χ3n) is 3.85. The molecule has 1 N–H and O–H groups in total. The molecule has 0 bridgehead atoms. The number of amides is 1. The Morgan fingerprint density at radius 1 is 0.880 bits per heavy atom. The van der Waals surface area contributed by atoms with Gasteiger partial charge in [-0.15, -0.1) is 0 Å². The molecule has 126 valence electrons. The van der Waals surface area contributed by atoms with Gasteiger partial charge in [-0.2, -0.15) is 0 Å². The molecule has 0 atom stereocenters. The number of hydrogen-bond donors (Lipinski definition) is 1. The number of nitrogens with one attached hydrogen (secondary N) is 1. The van der Waals surface area contributed by atoms with Gasteiger partial charge in [0, 0.05) is 12.1 Å². The Kier molecular flexibility index (Phi) is 5.47. The van der Waals surface area contributed by atoms with Crippen molar-refractivity contribution in [3.05, 3.63) is 90.0 Å². The van der Waals surface area contributed by atoms with E-state index in [4.69, 9.17) is 4.74 Å². The third kappa shape index (κ3) is 5.21. The SMILES string of the molecule is Cc1cccc(Oc2ccc(NC(=O)CCc3ccccc3)cc2)c1. The van der Waals surface area contributed by atoms with Gasteiger partial charge >= 0.3 is 0 Å². The maximum Gasteiger partial charge on any atom is 0.224 e. The van der Waals surface area contributed by atoms with Crippen molar-refractivity contribution >= 4 is 11.6 Å². The van der Waals surface area contributed by atoms with Gasteiger partial charge < -0.3 is 10.1 Å². The molecule has 0 radical (unpaired) electrons. The molecule has 0 saturated heterocycles. The van der Waals surface area contributed by atoms with Gasteiger partial charge in [0.15, 0.2) is 0 Å². The van der Waals surface area contributed by atoms with Gasteiger partial charge in [0.05, 0.1) is 0 Å². The molecule has 3 rings (SSSR count). The van der Waals surface area contributed by atoms with Crippen LogP contribution in [0.4, 0.5) is 5.69 Å². The first kappa shape index (κ1) is 16.8. The summed E-state index contributed by atoms with van der Waals surface area (Å²) in [4.78, 5) is 12.1. The third-order valence-corrected chi connectivity index (χ3v) is 3.85. The van der Waals surface area contributed by atoms with E-state index in [1.807, 2.05) is 85.8 Å². The quantitative estimate of drug-likeness (QED) is 0.660. The van der Waals surface area contributed by atoms with Gasteiger partial charge in [0.2, 0.25) is 5.91 Å². The highest BCUT2D eigenvalue weighted by molar-refractivity contribution is 5.90. The predicted octanol–water partition coefficient (Wildman–Crippen LogP) is 5.36. The molecule has 0 heterocycles. The molecular weight excluding hydrogens is 310 g/mol. The van der Waals surface area contributed by atoms with E-state index in [1.165, 1.54) is 5.56 Å². The molecular formula is C22H21NO2. The van der Waals surface area contributed by atoms with Crippen LogP contribution in [0.2, 0.25) is 0 Å². The van der Waals surface area contributed by atoms with Crippen molar-refractivity contribution in [1.29, 1.82) is 0 Å². The normalized spacial score (nSPS) is 10.3. The number of rotatable bonds is 6. The number of anilines is 1. The van der Waals surface area contributed by atoms with Crippen LogP contribution in [-0.4, -0.2) is 5.91 Å². The van der Waals surface area contributed by atoms with Crippen LogP contribution in [0.1, 0.15) is 17.5 Å². The van der Waals surface area contributed by atoms with Crippen molar-refractivity contribution in [2.24, 2.45) is 0 Å². The van der Waals surface area contributed by atoms with Crippen LogP contribution in [0.3, 0.4) is 0 Å². The summed E-state index contributed by atoms with van der Waals surface area (Å²) < 4.78 is 5.81. The first-order chi connectivity index (χ1) is 12.2. The molecule has 1 amide bonds. The van der Waals surface area contributed by atoms with Crippen LogP contribution < -0.4 is 10.1 Å². The van der Waals surface area contributed by atoms with Crippen molar-refractivity contribution < 1.29 is 9.53 Å². The van der Waals surface area contributed by atoms with E-state index in [0.29, 0.717) is 6.42 Å². The van der Waals surface area contributed by atoms with E-state index in [-0.39, 0.29) is 5.91 Å². The van der Waals surface area contributed by atoms with E-state index in [2.05, 4.69) is 5.32 Å². The molecule has 3 aromatic carbocycles. The summed E-state index contributed by atoms with van der Waals surface area (Å²) in [7, 11) is 0. The van der Waals surface area contributed by atoms with Crippen LogP contribution in [0.5, 0.6) is 11.5 Å². The summed E-state index contributed by atoms with van der Waals surface area (Å²) in [5.41, 5.74) is 3.09. The number of ether oxygens (including phenoxy) is 1. The predicted molar refractivity (Wildman–Crippen MR) is 101 cm³/mol. The van der Waals surface area contributed by atoms with Gasteiger partial charge in [-0.05, 0) is 60.9 Å². The smallest absolute Gasteiger partial charge is 0.224 e. The van der Waals surface area contributed by atoms with E-state index in [1.54, 1.807) is 0 Å². The number of carbonyl (C=O) groups is 1. The van der Waals surface area contributed by atoms with Crippen LogP contribution in [-0.2, 0) is 11.2 Å². The Hall–Kier alpha value is -3.07. The highest BCUT2D eigenvalue weighted by atomic mass is 16.5.